The second kappa shape index (κ2) is 7.81. The van der Waals surface area contributed by atoms with E-state index in [2.05, 4.69) is 10.1 Å². The van der Waals surface area contributed by atoms with Crippen molar-refractivity contribution in [2.24, 2.45) is 0 Å². The van der Waals surface area contributed by atoms with Crippen molar-refractivity contribution >= 4 is 17.6 Å². The van der Waals surface area contributed by atoms with Gasteiger partial charge in [-0.1, -0.05) is 28.9 Å². The first-order valence-corrected chi connectivity index (χ1v) is 7.89. The summed E-state index contributed by atoms with van der Waals surface area (Å²) in [5.41, 5.74) is 1.60. The van der Waals surface area contributed by atoms with Gasteiger partial charge in [0.2, 0.25) is 5.82 Å². The van der Waals surface area contributed by atoms with Crippen LogP contribution in [0.1, 0.15) is 11.5 Å². The van der Waals surface area contributed by atoms with Crippen molar-refractivity contribution in [2.45, 2.75) is 13.0 Å². The quantitative estimate of drug-likeness (QED) is 0.626. The van der Waals surface area contributed by atoms with Crippen LogP contribution in [0.4, 0.5) is 0 Å². The minimum Gasteiger partial charge on any atom is -0.497 e. The summed E-state index contributed by atoms with van der Waals surface area (Å²) >= 11 is 5.81. The Morgan fingerprint density at radius 2 is 1.84 bits per heavy atom. The Balaban J connectivity index is 1.55. The van der Waals surface area contributed by atoms with Gasteiger partial charge in [-0.3, -0.25) is 4.79 Å². The summed E-state index contributed by atoms with van der Waals surface area (Å²) in [4.78, 5) is 16.1. The number of nitrogens with zero attached hydrogens (tertiary/aromatic N) is 2. The van der Waals surface area contributed by atoms with E-state index in [1.807, 2.05) is 12.1 Å². The number of ether oxygens (including phenoxy) is 2. The highest BCUT2D eigenvalue weighted by Crippen LogP contribution is 2.20. The van der Waals surface area contributed by atoms with Crippen LogP contribution in [0, 0.1) is 0 Å². The normalized spacial score (nSPS) is 10.5. The van der Waals surface area contributed by atoms with Crippen LogP contribution in [0.2, 0.25) is 5.02 Å². The van der Waals surface area contributed by atoms with E-state index in [1.54, 1.807) is 43.5 Å². The van der Waals surface area contributed by atoms with Crippen molar-refractivity contribution in [2.75, 3.05) is 7.11 Å². The molecular formula is C18H15ClN2O4. The molecule has 0 bridgehead atoms. The van der Waals surface area contributed by atoms with Crippen LogP contribution in [-0.2, 0) is 22.6 Å². The number of carbonyl (C=O) groups is 1. The van der Waals surface area contributed by atoms with Gasteiger partial charge in [0, 0.05) is 10.6 Å². The third-order valence-electron chi connectivity index (χ3n) is 3.43. The zero-order chi connectivity index (χ0) is 17.6. The van der Waals surface area contributed by atoms with Crippen LogP contribution in [0.25, 0.3) is 11.4 Å². The lowest BCUT2D eigenvalue weighted by Crippen LogP contribution is -2.08. The molecule has 6 nitrogen and oxygen atoms in total. The number of methoxy groups -OCH3 is 1. The van der Waals surface area contributed by atoms with Crippen molar-refractivity contribution in [3.05, 3.63) is 65.0 Å². The Kier molecular flexibility index (Phi) is 5.30. The van der Waals surface area contributed by atoms with Gasteiger partial charge in [0.05, 0.1) is 13.5 Å². The maximum Gasteiger partial charge on any atom is 0.310 e. The molecule has 1 heterocycles. The molecule has 7 heteroatoms. The van der Waals surface area contributed by atoms with Gasteiger partial charge >= 0.3 is 5.97 Å². The lowest BCUT2D eigenvalue weighted by Gasteiger charge is -2.02. The minimum atomic E-state index is -0.383. The molecule has 3 rings (SSSR count). The summed E-state index contributed by atoms with van der Waals surface area (Å²) in [6.45, 7) is -0.0738. The van der Waals surface area contributed by atoms with Gasteiger partial charge in [-0.2, -0.15) is 4.98 Å². The van der Waals surface area contributed by atoms with E-state index < -0.39 is 0 Å². The molecule has 2 aromatic carbocycles. The smallest absolute Gasteiger partial charge is 0.310 e. The molecule has 0 N–H and O–H groups in total. The first-order valence-electron chi connectivity index (χ1n) is 7.51. The van der Waals surface area contributed by atoms with Gasteiger partial charge in [0.25, 0.3) is 5.89 Å². The molecule has 1 aromatic heterocycles. The molecule has 0 aliphatic heterocycles. The first-order chi connectivity index (χ1) is 12.1. The third-order valence-corrected chi connectivity index (χ3v) is 3.69. The van der Waals surface area contributed by atoms with Crippen molar-refractivity contribution in [1.29, 1.82) is 0 Å². The highest BCUT2D eigenvalue weighted by Gasteiger charge is 2.12. The zero-order valence-corrected chi connectivity index (χ0v) is 14.2. The summed E-state index contributed by atoms with van der Waals surface area (Å²) in [7, 11) is 1.60. The van der Waals surface area contributed by atoms with Crippen molar-refractivity contribution in [1.82, 2.24) is 10.1 Å². The molecule has 0 aliphatic carbocycles. The number of halogens is 1. The van der Waals surface area contributed by atoms with E-state index >= 15 is 0 Å². The number of hydrogen-bond acceptors (Lipinski definition) is 6. The number of aromatic nitrogens is 2. The lowest BCUT2D eigenvalue weighted by molar-refractivity contribution is -0.144. The third kappa shape index (κ3) is 4.58. The van der Waals surface area contributed by atoms with E-state index in [9.17, 15) is 4.79 Å². The molecule has 0 unspecified atom stereocenters. The summed E-state index contributed by atoms with van der Waals surface area (Å²) in [5.74, 6) is 1.01. The van der Waals surface area contributed by atoms with Gasteiger partial charge in [-0.15, -0.1) is 0 Å². The fourth-order valence-corrected chi connectivity index (χ4v) is 2.26. The lowest BCUT2D eigenvalue weighted by atomic mass is 10.1. The molecule has 0 aliphatic rings. The molecular weight excluding hydrogens is 344 g/mol. The molecule has 0 amide bonds. The van der Waals surface area contributed by atoms with Gasteiger partial charge < -0.3 is 14.0 Å². The van der Waals surface area contributed by atoms with Crippen LogP contribution in [0.5, 0.6) is 5.75 Å². The Labute approximate surface area is 149 Å². The first kappa shape index (κ1) is 17.0. The maximum absolute atomic E-state index is 11.9. The average molecular weight is 359 g/mol. The van der Waals surface area contributed by atoms with Crippen LogP contribution in [-0.4, -0.2) is 23.2 Å². The van der Waals surface area contributed by atoms with E-state index in [0.717, 1.165) is 16.9 Å². The minimum absolute atomic E-state index is 0.0738. The molecule has 0 radical (unpaired) electrons. The van der Waals surface area contributed by atoms with E-state index in [-0.39, 0.29) is 24.9 Å². The highest BCUT2D eigenvalue weighted by atomic mass is 35.5. The number of hydrogen-bond donors (Lipinski definition) is 0. The largest absolute Gasteiger partial charge is 0.497 e. The predicted molar refractivity (Wildman–Crippen MR) is 91.2 cm³/mol. The summed E-state index contributed by atoms with van der Waals surface area (Å²) in [6.07, 6.45) is 0.149. The molecule has 0 saturated carbocycles. The SMILES string of the molecule is COc1ccc(-c2noc(COC(=O)Cc3ccc(Cl)cc3)n2)cc1. The van der Waals surface area contributed by atoms with Gasteiger partial charge in [0.15, 0.2) is 6.61 Å². The Morgan fingerprint density at radius 3 is 2.52 bits per heavy atom. The van der Waals surface area contributed by atoms with E-state index in [4.69, 9.17) is 25.6 Å². The molecule has 3 aromatic rings. The molecule has 25 heavy (non-hydrogen) atoms. The fourth-order valence-electron chi connectivity index (χ4n) is 2.13. The second-order valence-corrected chi connectivity index (χ2v) is 5.64. The van der Waals surface area contributed by atoms with E-state index in [1.165, 1.54) is 0 Å². The number of esters is 1. The molecule has 0 saturated heterocycles. The fraction of sp³-hybridized carbons (Fsp3) is 0.167. The van der Waals surface area contributed by atoms with Gasteiger partial charge in [-0.05, 0) is 42.0 Å². The van der Waals surface area contributed by atoms with Crippen molar-refractivity contribution in [3.8, 4) is 17.1 Å². The van der Waals surface area contributed by atoms with Crippen molar-refractivity contribution < 1.29 is 18.8 Å². The number of carbonyl (C=O) groups excluding carboxylic acids is 1. The summed E-state index contributed by atoms with van der Waals surface area (Å²) < 4.78 is 15.4. The van der Waals surface area contributed by atoms with Crippen LogP contribution >= 0.6 is 11.6 Å². The van der Waals surface area contributed by atoms with Gasteiger partial charge in [0.1, 0.15) is 5.75 Å². The molecule has 0 spiro atoms. The van der Waals surface area contributed by atoms with Crippen LogP contribution < -0.4 is 4.74 Å². The Hall–Kier alpha value is -2.86. The van der Waals surface area contributed by atoms with Crippen LogP contribution in [0.15, 0.2) is 53.1 Å². The highest BCUT2D eigenvalue weighted by molar-refractivity contribution is 6.30. The summed E-state index contributed by atoms with van der Waals surface area (Å²) in [5, 5.41) is 4.50. The average Bonchev–Trinajstić information content (AvgIpc) is 3.11. The molecule has 0 atom stereocenters. The van der Waals surface area contributed by atoms with Crippen molar-refractivity contribution in [3.63, 3.8) is 0 Å². The van der Waals surface area contributed by atoms with E-state index in [0.29, 0.717) is 10.8 Å². The standard InChI is InChI=1S/C18H15ClN2O4/c1-23-15-8-4-13(5-9-15)18-20-16(25-21-18)11-24-17(22)10-12-2-6-14(19)7-3-12/h2-9H,10-11H2,1H3. The number of benzene rings is 2. The monoisotopic (exact) mass is 358 g/mol. The molecule has 128 valence electrons. The Bertz CT molecular complexity index is 844. The topological polar surface area (TPSA) is 74.5 Å². The van der Waals surface area contributed by atoms with Crippen LogP contribution in [0.3, 0.4) is 0 Å². The van der Waals surface area contributed by atoms with Gasteiger partial charge in [-0.25, -0.2) is 0 Å². The number of rotatable bonds is 6. The maximum atomic E-state index is 11.9. The second-order valence-electron chi connectivity index (χ2n) is 5.20. The summed E-state index contributed by atoms with van der Waals surface area (Å²) in [6, 6.07) is 14.2. The zero-order valence-electron chi connectivity index (χ0n) is 13.4. The Morgan fingerprint density at radius 1 is 1.12 bits per heavy atom. The molecule has 0 fully saturated rings. The predicted octanol–water partition coefficient (Wildman–Crippen LogP) is 3.68.